The van der Waals surface area contributed by atoms with Crippen molar-refractivity contribution in [1.29, 1.82) is 0 Å². The highest BCUT2D eigenvalue weighted by Gasteiger charge is 2.34. The maximum atomic E-state index is 12.6. The van der Waals surface area contributed by atoms with Gasteiger partial charge < -0.3 is 15.0 Å². The van der Waals surface area contributed by atoms with Crippen LogP contribution in [-0.2, 0) is 9.53 Å². The molecule has 0 aromatic carbocycles. The van der Waals surface area contributed by atoms with Crippen LogP contribution in [0.15, 0.2) is 0 Å². The molecular weight excluding hydrogens is 228 g/mol. The van der Waals surface area contributed by atoms with E-state index in [0.717, 1.165) is 32.5 Å². The Balaban J connectivity index is 2.00. The van der Waals surface area contributed by atoms with Gasteiger partial charge in [0.15, 0.2) is 0 Å². The Morgan fingerprint density at radius 1 is 1.39 bits per heavy atom. The number of nitrogens with zero attached hydrogens (tertiary/aromatic N) is 1. The Labute approximate surface area is 110 Å². The van der Waals surface area contributed by atoms with E-state index in [9.17, 15) is 4.79 Å². The molecule has 0 bridgehead atoms. The van der Waals surface area contributed by atoms with Crippen molar-refractivity contribution in [1.82, 2.24) is 10.2 Å². The van der Waals surface area contributed by atoms with Crippen LogP contribution in [0.3, 0.4) is 0 Å². The van der Waals surface area contributed by atoms with Crippen LogP contribution in [0.4, 0.5) is 0 Å². The van der Waals surface area contributed by atoms with Crippen molar-refractivity contribution in [2.75, 3.05) is 26.2 Å². The lowest BCUT2D eigenvalue weighted by Crippen LogP contribution is -2.55. The Morgan fingerprint density at radius 3 is 2.83 bits per heavy atom. The lowest BCUT2D eigenvalue weighted by molar-refractivity contribution is -0.149. The van der Waals surface area contributed by atoms with E-state index in [1.807, 2.05) is 6.92 Å². The number of hydrogen-bond acceptors (Lipinski definition) is 3. The van der Waals surface area contributed by atoms with E-state index in [1.54, 1.807) is 0 Å². The maximum Gasteiger partial charge on any atom is 0.227 e. The molecule has 2 heterocycles. The minimum atomic E-state index is 0.160. The van der Waals surface area contributed by atoms with Crippen LogP contribution in [0.5, 0.6) is 0 Å². The van der Waals surface area contributed by atoms with Gasteiger partial charge in [-0.15, -0.1) is 0 Å². The van der Waals surface area contributed by atoms with Gasteiger partial charge in [0, 0.05) is 13.1 Å². The molecule has 0 aromatic heterocycles. The molecule has 0 aromatic rings. The van der Waals surface area contributed by atoms with Crippen LogP contribution in [0, 0.1) is 11.8 Å². The molecule has 0 spiro atoms. The standard InChI is InChI=1S/C14H26N2O2/c1-4-13-9-18-11(3)8-16(13)14(17)12-5-10(2)6-15-7-12/h10-13,15H,4-9H2,1-3H3. The van der Waals surface area contributed by atoms with Crippen molar-refractivity contribution in [2.45, 2.75) is 45.8 Å². The molecule has 0 radical (unpaired) electrons. The molecule has 1 N–H and O–H groups in total. The number of nitrogens with one attached hydrogen (secondary N) is 1. The van der Waals surface area contributed by atoms with Gasteiger partial charge in [-0.3, -0.25) is 4.79 Å². The van der Waals surface area contributed by atoms with Crippen LogP contribution < -0.4 is 5.32 Å². The predicted octanol–water partition coefficient (Wildman–Crippen LogP) is 1.26. The molecule has 4 unspecified atom stereocenters. The van der Waals surface area contributed by atoms with Crippen molar-refractivity contribution < 1.29 is 9.53 Å². The molecule has 2 aliphatic heterocycles. The Bertz CT molecular complexity index is 296. The van der Waals surface area contributed by atoms with E-state index in [4.69, 9.17) is 4.74 Å². The average Bonchev–Trinajstić information content (AvgIpc) is 2.38. The minimum Gasteiger partial charge on any atom is -0.375 e. The van der Waals surface area contributed by atoms with E-state index in [-0.39, 0.29) is 18.1 Å². The van der Waals surface area contributed by atoms with Gasteiger partial charge in [-0.2, -0.15) is 0 Å². The summed E-state index contributed by atoms with van der Waals surface area (Å²) >= 11 is 0. The van der Waals surface area contributed by atoms with Gasteiger partial charge in [-0.1, -0.05) is 13.8 Å². The van der Waals surface area contributed by atoms with E-state index in [0.29, 0.717) is 18.4 Å². The predicted molar refractivity (Wildman–Crippen MR) is 71.3 cm³/mol. The van der Waals surface area contributed by atoms with Crippen LogP contribution in [-0.4, -0.2) is 49.2 Å². The lowest BCUT2D eigenvalue weighted by atomic mass is 9.90. The Kier molecular flexibility index (Phi) is 4.62. The molecular formula is C14H26N2O2. The average molecular weight is 254 g/mol. The van der Waals surface area contributed by atoms with Crippen molar-refractivity contribution in [3.63, 3.8) is 0 Å². The third-order valence-electron chi connectivity index (χ3n) is 4.14. The van der Waals surface area contributed by atoms with Crippen molar-refractivity contribution >= 4 is 5.91 Å². The fraction of sp³-hybridized carbons (Fsp3) is 0.929. The number of morpholine rings is 1. The van der Waals surface area contributed by atoms with Crippen molar-refractivity contribution in [3.05, 3.63) is 0 Å². The van der Waals surface area contributed by atoms with Crippen LogP contribution >= 0.6 is 0 Å². The SMILES string of the molecule is CCC1COC(C)CN1C(=O)C1CNCC(C)C1. The fourth-order valence-electron chi connectivity index (χ4n) is 3.03. The number of carbonyl (C=O) groups is 1. The summed E-state index contributed by atoms with van der Waals surface area (Å²) in [6.45, 7) is 9.72. The largest absolute Gasteiger partial charge is 0.375 e. The fourth-order valence-corrected chi connectivity index (χ4v) is 3.03. The highest BCUT2D eigenvalue weighted by Crippen LogP contribution is 2.22. The zero-order chi connectivity index (χ0) is 13.1. The van der Waals surface area contributed by atoms with Crippen molar-refractivity contribution in [2.24, 2.45) is 11.8 Å². The Hall–Kier alpha value is -0.610. The molecule has 2 rings (SSSR count). The van der Waals surface area contributed by atoms with E-state index in [2.05, 4.69) is 24.1 Å². The summed E-state index contributed by atoms with van der Waals surface area (Å²) in [5, 5.41) is 3.37. The molecule has 4 nitrogen and oxygen atoms in total. The monoisotopic (exact) mass is 254 g/mol. The molecule has 0 saturated carbocycles. The molecule has 4 atom stereocenters. The normalized spacial score (nSPS) is 37.6. The smallest absolute Gasteiger partial charge is 0.227 e. The molecule has 2 fully saturated rings. The van der Waals surface area contributed by atoms with Crippen LogP contribution in [0.25, 0.3) is 0 Å². The second kappa shape index (κ2) is 6.02. The van der Waals surface area contributed by atoms with Gasteiger partial charge in [0.2, 0.25) is 5.91 Å². The number of hydrogen-bond donors (Lipinski definition) is 1. The van der Waals surface area contributed by atoms with Gasteiger partial charge >= 0.3 is 0 Å². The number of carbonyl (C=O) groups excluding carboxylic acids is 1. The zero-order valence-corrected chi connectivity index (χ0v) is 11.8. The zero-order valence-electron chi connectivity index (χ0n) is 11.8. The van der Waals surface area contributed by atoms with Crippen LogP contribution in [0.1, 0.15) is 33.6 Å². The second-order valence-corrected chi connectivity index (χ2v) is 5.89. The van der Waals surface area contributed by atoms with Gasteiger partial charge in [-0.05, 0) is 32.2 Å². The number of ether oxygens (including phenoxy) is 1. The van der Waals surface area contributed by atoms with Gasteiger partial charge in [0.25, 0.3) is 0 Å². The highest BCUT2D eigenvalue weighted by molar-refractivity contribution is 5.79. The van der Waals surface area contributed by atoms with Crippen LogP contribution in [0.2, 0.25) is 0 Å². The first-order valence-electron chi connectivity index (χ1n) is 7.24. The summed E-state index contributed by atoms with van der Waals surface area (Å²) in [5.74, 6) is 1.09. The number of piperidine rings is 1. The van der Waals surface area contributed by atoms with E-state index in [1.165, 1.54) is 0 Å². The molecule has 2 aliphatic rings. The lowest BCUT2D eigenvalue weighted by Gasteiger charge is -2.41. The van der Waals surface area contributed by atoms with Crippen molar-refractivity contribution in [3.8, 4) is 0 Å². The quantitative estimate of drug-likeness (QED) is 0.806. The topological polar surface area (TPSA) is 41.6 Å². The first-order valence-corrected chi connectivity index (χ1v) is 7.24. The summed E-state index contributed by atoms with van der Waals surface area (Å²) in [7, 11) is 0. The molecule has 4 heteroatoms. The number of amides is 1. The number of rotatable bonds is 2. The Morgan fingerprint density at radius 2 is 2.17 bits per heavy atom. The summed E-state index contributed by atoms with van der Waals surface area (Å²) in [4.78, 5) is 14.7. The second-order valence-electron chi connectivity index (χ2n) is 5.89. The molecule has 18 heavy (non-hydrogen) atoms. The first-order chi connectivity index (χ1) is 8.61. The first kappa shape index (κ1) is 13.8. The maximum absolute atomic E-state index is 12.6. The summed E-state index contributed by atoms with van der Waals surface area (Å²) in [5.41, 5.74) is 0. The van der Waals surface area contributed by atoms with Gasteiger partial charge in [0.1, 0.15) is 0 Å². The molecule has 0 aliphatic carbocycles. The van der Waals surface area contributed by atoms with E-state index >= 15 is 0 Å². The van der Waals surface area contributed by atoms with Gasteiger partial charge in [0.05, 0.1) is 24.7 Å². The van der Waals surface area contributed by atoms with Gasteiger partial charge in [-0.25, -0.2) is 0 Å². The third kappa shape index (κ3) is 3.04. The summed E-state index contributed by atoms with van der Waals surface area (Å²) in [6.07, 6.45) is 2.17. The summed E-state index contributed by atoms with van der Waals surface area (Å²) in [6, 6.07) is 0.269. The molecule has 2 saturated heterocycles. The summed E-state index contributed by atoms with van der Waals surface area (Å²) < 4.78 is 5.66. The third-order valence-corrected chi connectivity index (χ3v) is 4.14. The minimum absolute atomic E-state index is 0.160. The molecule has 104 valence electrons. The van der Waals surface area contributed by atoms with E-state index < -0.39 is 0 Å². The highest BCUT2D eigenvalue weighted by atomic mass is 16.5. The molecule has 1 amide bonds.